The van der Waals surface area contributed by atoms with Crippen LogP contribution in [-0.4, -0.2) is 18.2 Å². The average Bonchev–Trinajstić information content (AvgIpc) is 2.26. The van der Waals surface area contributed by atoms with Crippen molar-refractivity contribution in [1.82, 2.24) is 0 Å². The van der Waals surface area contributed by atoms with Gasteiger partial charge in [-0.05, 0) is 18.2 Å². The number of aromatic hydroxyl groups is 1. The third-order valence-electron chi connectivity index (χ3n) is 1.61. The number of carbonyl (C=O) groups excluding carboxylic acids is 1. The van der Waals surface area contributed by atoms with Crippen LogP contribution in [0.25, 0.3) is 0 Å². The molecule has 0 unspecified atom stereocenters. The summed E-state index contributed by atoms with van der Waals surface area (Å²) in [5.74, 6) is 3.89. The van der Waals surface area contributed by atoms with Crippen molar-refractivity contribution in [2.24, 2.45) is 0 Å². The Bertz CT molecular complexity index is 489. The summed E-state index contributed by atoms with van der Waals surface area (Å²) in [5, 5.41) is 17.9. The van der Waals surface area contributed by atoms with E-state index in [1.807, 2.05) is 6.07 Å². The van der Waals surface area contributed by atoms with E-state index in [2.05, 4.69) is 16.6 Å². The summed E-state index contributed by atoms with van der Waals surface area (Å²) in [4.78, 5) is 10.7. The molecule has 1 N–H and O–H groups in total. The van der Waals surface area contributed by atoms with Crippen LogP contribution in [0.4, 0.5) is 0 Å². The highest BCUT2D eigenvalue weighted by atomic mass is 16.5. The van der Waals surface area contributed by atoms with E-state index >= 15 is 0 Å². The number of hydrogen-bond acceptors (Lipinski definition) is 4. The quantitative estimate of drug-likeness (QED) is 0.497. The van der Waals surface area contributed by atoms with Gasteiger partial charge in [-0.3, -0.25) is 0 Å². The number of rotatable bonds is 0. The maximum Gasteiger partial charge on any atom is 0.384 e. The van der Waals surface area contributed by atoms with Crippen molar-refractivity contribution >= 4 is 5.97 Å². The van der Waals surface area contributed by atoms with E-state index in [9.17, 15) is 9.90 Å². The minimum absolute atomic E-state index is 0.158. The Balaban J connectivity index is 2.98. The number of phenolic OH excluding ortho intramolecular Hbond substituents is 1. The molecule has 1 aromatic rings. The molecule has 0 atom stereocenters. The second-order valence-corrected chi connectivity index (χ2v) is 2.59. The fourth-order valence-corrected chi connectivity index (χ4v) is 0.878. The SMILES string of the molecule is COC(=O)C#Cc1ccc(C#N)c(O)c1. The molecule has 15 heavy (non-hydrogen) atoms. The first-order valence-electron chi connectivity index (χ1n) is 4.00. The van der Waals surface area contributed by atoms with E-state index < -0.39 is 5.97 Å². The van der Waals surface area contributed by atoms with Crippen LogP contribution in [0.5, 0.6) is 5.75 Å². The van der Waals surface area contributed by atoms with Crippen LogP contribution in [0.15, 0.2) is 18.2 Å². The maximum absolute atomic E-state index is 10.7. The molecule has 0 aromatic heterocycles. The minimum atomic E-state index is -0.654. The van der Waals surface area contributed by atoms with Gasteiger partial charge < -0.3 is 9.84 Å². The summed E-state index contributed by atoms with van der Waals surface area (Å²) in [6.45, 7) is 0. The molecule has 0 amide bonds. The zero-order valence-corrected chi connectivity index (χ0v) is 7.94. The van der Waals surface area contributed by atoms with Gasteiger partial charge in [-0.15, -0.1) is 0 Å². The topological polar surface area (TPSA) is 70.3 Å². The van der Waals surface area contributed by atoms with Gasteiger partial charge in [-0.25, -0.2) is 4.79 Å². The molecule has 0 saturated carbocycles. The molecule has 0 heterocycles. The Morgan fingerprint density at radius 3 is 2.80 bits per heavy atom. The zero-order chi connectivity index (χ0) is 11.3. The molecule has 0 bridgehead atoms. The molecule has 0 aliphatic carbocycles. The Morgan fingerprint density at radius 1 is 1.53 bits per heavy atom. The van der Waals surface area contributed by atoms with E-state index in [4.69, 9.17) is 5.26 Å². The molecule has 0 aliphatic rings. The number of carbonyl (C=O) groups is 1. The number of nitriles is 1. The molecule has 0 saturated heterocycles. The summed E-state index contributed by atoms with van der Waals surface area (Å²) >= 11 is 0. The molecule has 0 spiro atoms. The van der Waals surface area contributed by atoms with Crippen LogP contribution in [-0.2, 0) is 9.53 Å². The molecule has 4 heteroatoms. The highest BCUT2D eigenvalue weighted by molar-refractivity contribution is 5.89. The normalized spacial score (nSPS) is 8.27. The Labute approximate surface area is 86.7 Å². The lowest BCUT2D eigenvalue weighted by Gasteiger charge is -1.95. The van der Waals surface area contributed by atoms with E-state index in [0.717, 1.165) is 0 Å². The van der Waals surface area contributed by atoms with Crippen LogP contribution in [0.1, 0.15) is 11.1 Å². The highest BCUT2D eigenvalue weighted by Crippen LogP contribution is 2.16. The van der Waals surface area contributed by atoms with Crippen molar-refractivity contribution in [2.75, 3.05) is 7.11 Å². The summed E-state index contributed by atoms with van der Waals surface area (Å²) in [5.41, 5.74) is 0.607. The molecule has 74 valence electrons. The van der Waals surface area contributed by atoms with E-state index in [1.165, 1.54) is 25.3 Å². The first-order chi connectivity index (χ1) is 7.17. The Hall–Kier alpha value is -2.46. The van der Waals surface area contributed by atoms with Gasteiger partial charge in [0.25, 0.3) is 0 Å². The van der Waals surface area contributed by atoms with Crippen LogP contribution < -0.4 is 0 Å². The van der Waals surface area contributed by atoms with Crippen molar-refractivity contribution < 1.29 is 14.6 Å². The lowest BCUT2D eigenvalue weighted by Crippen LogP contribution is -1.94. The van der Waals surface area contributed by atoms with Crippen molar-refractivity contribution in [3.63, 3.8) is 0 Å². The van der Waals surface area contributed by atoms with Crippen molar-refractivity contribution in [3.05, 3.63) is 29.3 Å². The van der Waals surface area contributed by atoms with Crippen LogP contribution in [0.2, 0.25) is 0 Å². The maximum atomic E-state index is 10.7. The van der Waals surface area contributed by atoms with Gasteiger partial charge in [0.15, 0.2) is 0 Å². The summed E-state index contributed by atoms with van der Waals surface area (Å²) < 4.78 is 4.32. The standard InChI is InChI=1S/C11H7NO3/c1-15-11(14)5-3-8-2-4-9(7-12)10(13)6-8/h2,4,6,13H,1H3. The molecule has 4 nitrogen and oxygen atoms in total. The van der Waals surface area contributed by atoms with Gasteiger partial charge in [-0.1, -0.05) is 5.92 Å². The number of phenols is 1. The third-order valence-corrected chi connectivity index (χ3v) is 1.61. The fourth-order valence-electron chi connectivity index (χ4n) is 0.878. The molecular weight excluding hydrogens is 194 g/mol. The van der Waals surface area contributed by atoms with Crippen LogP contribution >= 0.6 is 0 Å². The van der Waals surface area contributed by atoms with Crippen molar-refractivity contribution in [2.45, 2.75) is 0 Å². The average molecular weight is 201 g/mol. The van der Waals surface area contributed by atoms with E-state index in [0.29, 0.717) is 5.56 Å². The van der Waals surface area contributed by atoms with E-state index in [-0.39, 0.29) is 11.3 Å². The van der Waals surface area contributed by atoms with Crippen molar-refractivity contribution in [1.29, 1.82) is 5.26 Å². The van der Waals surface area contributed by atoms with Gasteiger partial charge in [0.1, 0.15) is 11.8 Å². The second-order valence-electron chi connectivity index (χ2n) is 2.59. The predicted molar refractivity (Wildman–Crippen MR) is 51.7 cm³/mol. The highest BCUT2D eigenvalue weighted by Gasteiger charge is 1.99. The first-order valence-corrected chi connectivity index (χ1v) is 4.00. The second kappa shape index (κ2) is 4.69. The number of benzene rings is 1. The van der Waals surface area contributed by atoms with Crippen LogP contribution in [0.3, 0.4) is 0 Å². The lowest BCUT2D eigenvalue weighted by molar-refractivity contribution is -0.133. The number of ether oxygens (including phenoxy) is 1. The number of hydrogen-bond donors (Lipinski definition) is 1. The van der Waals surface area contributed by atoms with Gasteiger partial charge in [0.05, 0.1) is 12.7 Å². The minimum Gasteiger partial charge on any atom is -0.507 e. The van der Waals surface area contributed by atoms with Gasteiger partial charge in [0.2, 0.25) is 0 Å². The fraction of sp³-hybridized carbons (Fsp3) is 0.0909. The summed E-state index contributed by atoms with van der Waals surface area (Å²) in [6.07, 6.45) is 0. The molecule has 1 rings (SSSR count). The van der Waals surface area contributed by atoms with Gasteiger partial charge in [-0.2, -0.15) is 5.26 Å². The number of nitrogens with zero attached hydrogens (tertiary/aromatic N) is 1. The summed E-state index contributed by atoms with van der Waals surface area (Å²) in [7, 11) is 1.23. The monoisotopic (exact) mass is 201 g/mol. The van der Waals surface area contributed by atoms with E-state index in [1.54, 1.807) is 0 Å². The molecule has 1 aromatic carbocycles. The Kier molecular flexibility index (Phi) is 3.32. The predicted octanol–water partition coefficient (Wildman–Crippen LogP) is 0.788. The third kappa shape index (κ3) is 2.75. The Morgan fingerprint density at radius 2 is 2.27 bits per heavy atom. The largest absolute Gasteiger partial charge is 0.507 e. The van der Waals surface area contributed by atoms with Gasteiger partial charge >= 0.3 is 5.97 Å². The smallest absolute Gasteiger partial charge is 0.384 e. The summed E-state index contributed by atoms with van der Waals surface area (Å²) in [6, 6.07) is 6.09. The molecule has 0 radical (unpaired) electrons. The molecule has 0 fully saturated rings. The van der Waals surface area contributed by atoms with Gasteiger partial charge in [0, 0.05) is 11.5 Å². The van der Waals surface area contributed by atoms with Crippen molar-refractivity contribution in [3.8, 4) is 23.7 Å². The zero-order valence-electron chi connectivity index (χ0n) is 7.94. The molecular formula is C11H7NO3. The molecule has 0 aliphatic heterocycles. The number of esters is 1. The first kappa shape index (κ1) is 10.6. The number of methoxy groups -OCH3 is 1. The van der Waals surface area contributed by atoms with Crippen LogP contribution in [0, 0.1) is 23.2 Å². The lowest BCUT2D eigenvalue weighted by atomic mass is 10.1.